The monoisotopic (exact) mass is 361 g/mol. The van der Waals surface area contributed by atoms with Crippen molar-refractivity contribution >= 4 is 35.0 Å². The van der Waals surface area contributed by atoms with Gasteiger partial charge in [-0.2, -0.15) is 0 Å². The van der Waals surface area contributed by atoms with Crippen molar-refractivity contribution in [1.29, 1.82) is 0 Å². The molecule has 0 bridgehead atoms. The third-order valence-corrected chi connectivity index (χ3v) is 4.25. The van der Waals surface area contributed by atoms with E-state index >= 15 is 0 Å². The van der Waals surface area contributed by atoms with Crippen LogP contribution >= 0.6 is 11.6 Å². The number of anilines is 3. The molecule has 1 aromatic carbocycles. The molecule has 0 fully saturated rings. The Morgan fingerprint density at radius 1 is 1.04 bits per heavy atom. The van der Waals surface area contributed by atoms with Gasteiger partial charge in [-0.15, -0.1) is 0 Å². The minimum atomic E-state index is -0.163. The van der Waals surface area contributed by atoms with E-state index in [-0.39, 0.29) is 6.03 Å². The van der Waals surface area contributed by atoms with Gasteiger partial charge in [-0.25, -0.2) is 14.8 Å². The fourth-order valence-electron chi connectivity index (χ4n) is 2.53. The number of carbonyl (C=O) groups excluding carboxylic acids is 1. The topological polar surface area (TPSA) is 52.6 Å². The van der Waals surface area contributed by atoms with Crippen LogP contribution < -0.4 is 14.7 Å². The average Bonchev–Trinajstić information content (AvgIpc) is 2.63. The zero-order valence-corrected chi connectivity index (χ0v) is 15.9. The van der Waals surface area contributed by atoms with E-state index < -0.39 is 0 Å². The predicted molar refractivity (Wildman–Crippen MR) is 104 cm³/mol. The molecule has 0 saturated carbocycles. The lowest BCUT2D eigenvalue weighted by Gasteiger charge is -2.27. The molecule has 0 spiro atoms. The number of amides is 2. The van der Waals surface area contributed by atoms with Crippen LogP contribution in [0, 0.1) is 0 Å². The molecule has 2 rings (SSSR count). The molecule has 2 amide bonds. The fraction of sp³-hybridized carbons (Fsp3) is 0.389. The Bertz CT molecular complexity index is 703. The smallest absolute Gasteiger partial charge is 0.328 e. The van der Waals surface area contributed by atoms with Gasteiger partial charge in [0.15, 0.2) is 0 Å². The zero-order chi connectivity index (χ0) is 18.4. The zero-order valence-electron chi connectivity index (χ0n) is 15.1. The Balaban J connectivity index is 2.22. The van der Waals surface area contributed by atoms with Crippen LogP contribution in [0.25, 0.3) is 0 Å². The maximum Gasteiger partial charge on any atom is 0.328 e. The first-order chi connectivity index (χ1) is 12.0. The van der Waals surface area contributed by atoms with Crippen LogP contribution in [0.15, 0.2) is 36.7 Å². The molecule has 0 radical (unpaired) electrons. The lowest BCUT2D eigenvalue weighted by molar-refractivity contribution is 0.253. The van der Waals surface area contributed by atoms with E-state index in [0.29, 0.717) is 23.2 Å². The minimum Gasteiger partial charge on any atom is -0.341 e. The van der Waals surface area contributed by atoms with E-state index in [4.69, 9.17) is 11.6 Å². The van der Waals surface area contributed by atoms with Crippen molar-refractivity contribution in [2.45, 2.75) is 20.8 Å². The van der Waals surface area contributed by atoms with E-state index in [1.54, 1.807) is 41.4 Å². The normalized spacial score (nSPS) is 10.4. The summed E-state index contributed by atoms with van der Waals surface area (Å²) in [6.07, 6.45) is 3.38. The van der Waals surface area contributed by atoms with Crippen molar-refractivity contribution < 1.29 is 4.79 Å². The molecule has 0 aliphatic rings. The molecule has 25 heavy (non-hydrogen) atoms. The molecule has 0 aliphatic heterocycles. The lowest BCUT2D eigenvalue weighted by Crippen LogP contribution is -2.41. The fourth-order valence-corrected chi connectivity index (χ4v) is 2.71. The molecule has 1 aromatic heterocycles. The number of hydrogen-bond acceptors (Lipinski definition) is 4. The molecule has 0 N–H and O–H groups in total. The molecule has 0 saturated heterocycles. The van der Waals surface area contributed by atoms with Gasteiger partial charge in [0, 0.05) is 37.4 Å². The van der Waals surface area contributed by atoms with E-state index in [1.165, 1.54) is 0 Å². The summed E-state index contributed by atoms with van der Waals surface area (Å²) in [6, 6.07) is 7.04. The third-order valence-electron chi connectivity index (χ3n) is 4.01. The van der Waals surface area contributed by atoms with Gasteiger partial charge in [-0.05, 0) is 39.0 Å². The maximum absolute atomic E-state index is 12.9. The van der Waals surface area contributed by atoms with Crippen LogP contribution in [0.1, 0.15) is 20.8 Å². The predicted octanol–water partition coefficient (Wildman–Crippen LogP) is 4.06. The second-order valence-electron chi connectivity index (χ2n) is 5.48. The van der Waals surface area contributed by atoms with Crippen LogP contribution in [-0.4, -0.2) is 42.7 Å². The molecule has 134 valence electrons. The highest BCUT2D eigenvalue weighted by Gasteiger charge is 2.20. The van der Waals surface area contributed by atoms with Crippen molar-refractivity contribution in [3.8, 4) is 0 Å². The Morgan fingerprint density at radius 2 is 1.68 bits per heavy atom. The Labute approximate surface area is 154 Å². The molecular weight excluding hydrogens is 338 g/mol. The number of benzene rings is 1. The van der Waals surface area contributed by atoms with Gasteiger partial charge in [-0.3, -0.25) is 9.80 Å². The van der Waals surface area contributed by atoms with Crippen LogP contribution in [0.3, 0.4) is 0 Å². The molecule has 0 unspecified atom stereocenters. The van der Waals surface area contributed by atoms with Crippen LogP contribution in [-0.2, 0) is 0 Å². The summed E-state index contributed by atoms with van der Waals surface area (Å²) < 4.78 is 0. The summed E-state index contributed by atoms with van der Waals surface area (Å²) in [7, 11) is 1.72. The standard InChI is InChI=1S/C18H24ClN5O/c1-5-23(6-2)17-20-12-16(13-21-17)24(7-3)18(25)22(4)15-10-8-9-14(19)11-15/h8-13H,5-7H2,1-4H3. The summed E-state index contributed by atoms with van der Waals surface area (Å²) in [6.45, 7) is 8.22. The van der Waals surface area contributed by atoms with Crippen molar-refractivity contribution in [1.82, 2.24) is 9.97 Å². The van der Waals surface area contributed by atoms with Crippen LogP contribution in [0.4, 0.5) is 22.1 Å². The maximum atomic E-state index is 12.9. The molecule has 7 heteroatoms. The number of halogens is 1. The number of aromatic nitrogens is 2. The first kappa shape index (κ1) is 19.0. The quantitative estimate of drug-likeness (QED) is 0.778. The summed E-state index contributed by atoms with van der Waals surface area (Å²) in [5.41, 5.74) is 1.40. The van der Waals surface area contributed by atoms with E-state index in [2.05, 4.69) is 28.7 Å². The summed E-state index contributed by atoms with van der Waals surface area (Å²) >= 11 is 6.02. The van der Waals surface area contributed by atoms with Gasteiger partial charge in [0.2, 0.25) is 5.95 Å². The van der Waals surface area contributed by atoms with Gasteiger partial charge in [0.25, 0.3) is 0 Å². The first-order valence-corrected chi connectivity index (χ1v) is 8.77. The Hall–Kier alpha value is -2.34. The minimum absolute atomic E-state index is 0.163. The van der Waals surface area contributed by atoms with Gasteiger partial charge in [0.1, 0.15) is 0 Å². The molecule has 6 nitrogen and oxygen atoms in total. The van der Waals surface area contributed by atoms with E-state index in [0.717, 1.165) is 18.8 Å². The van der Waals surface area contributed by atoms with Crippen molar-refractivity contribution in [2.24, 2.45) is 0 Å². The number of urea groups is 1. The number of hydrogen-bond donors (Lipinski definition) is 0. The Kier molecular flexibility index (Phi) is 6.58. The lowest BCUT2D eigenvalue weighted by atomic mass is 10.3. The summed E-state index contributed by atoms with van der Waals surface area (Å²) in [5.74, 6) is 0.667. The third kappa shape index (κ3) is 4.39. The van der Waals surface area contributed by atoms with E-state index in [1.807, 2.05) is 19.1 Å². The molecular formula is C18H24ClN5O. The van der Waals surface area contributed by atoms with E-state index in [9.17, 15) is 4.79 Å². The van der Waals surface area contributed by atoms with Crippen LogP contribution in [0.5, 0.6) is 0 Å². The number of nitrogens with zero attached hydrogens (tertiary/aromatic N) is 5. The molecule has 1 heterocycles. The number of rotatable bonds is 6. The van der Waals surface area contributed by atoms with Gasteiger partial charge in [-0.1, -0.05) is 17.7 Å². The highest BCUT2D eigenvalue weighted by Crippen LogP contribution is 2.22. The second-order valence-corrected chi connectivity index (χ2v) is 5.92. The largest absolute Gasteiger partial charge is 0.341 e. The van der Waals surface area contributed by atoms with Crippen molar-refractivity contribution in [3.63, 3.8) is 0 Å². The first-order valence-electron chi connectivity index (χ1n) is 8.39. The molecule has 0 aliphatic carbocycles. The van der Waals surface area contributed by atoms with Gasteiger partial charge in [0.05, 0.1) is 18.1 Å². The average molecular weight is 362 g/mol. The van der Waals surface area contributed by atoms with Crippen molar-refractivity contribution in [2.75, 3.05) is 41.4 Å². The van der Waals surface area contributed by atoms with Gasteiger partial charge >= 0.3 is 6.03 Å². The molecule has 0 atom stereocenters. The van der Waals surface area contributed by atoms with Crippen LogP contribution in [0.2, 0.25) is 5.02 Å². The number of carbonyl (C=O) groups is 1. The highest BCUT2D eigenvalue weighted by molar-refractivity contribution is 6.31. The second kappa shape index (κ2) is 8.67. The molecule has 2 aromatic rings. The van der Waals surface area contributed by atoms with Gasteiger partial charge < -0.3 is 4.90 Å². The van der Waals surface area contributed by atoms with Crippen molar-refractivity contribution in [3.05, 3.63) is 41.7 Å². The highest BCUT2D eigenvalue weighted by atomic mass is 35.5. The summed E-state index contributed by atoms with van der Waals surface area (Å²) in [4.78, 5) is 26.9. The summed E-state index contributed by atoms with van der Waals surface area (Å²) in [5, 5.41) is 0.590. The Morgan fingerprint density at radius 3 is 2.20 bits per heavy atom. The SMILES string of the molecule is CCN(CC)c1ncc(N(CC)C(=O)N(C)c2cccc(Cl)c2)cn1.